The molecule has 3 rings (SSSR count). The number of para-hydroxylation sites is 1. The summed E-state index contributed by atoms with van der Waals surface area (Å²) in [6, 6.07) is 14.9. The number of rotatable bonds is 7. The molecule has 0 saturated heterocycles. The molecule has 29 heavy (non-hydrogen) atoms. The van der Waals surface area contributed by atoms with E-state index in [-0.39, 0.29) is 23.2 Å². The molecule has 148 valence electrons. The molecule has 0 spiro atoms. The van der Waals surface area contributed by atoms with Gasteiger partial charge in [0.1, 0.15) is 18.1 Å². The summed E-state index contributed by atoms with van der Waals surface area (Å²) in [4.78, 5) is 28.1. The minimum atomic E-state index is -0.624. The number of pyridine rings is 1. The maximum atomic E-state index is 12.6. The first-order valence-corrected chi connectivity index (χ1v) is 9.25. The van der Waals surface area contributed by atoms with Gasteiger partial charge in [0.25, 0.3) is 11.1 Å². The molecule has 1 aromatic heterocycles. The number of benzene rings is 2. The number of amides is 1. The first-order valence-electron chi connectivity index (χ1n) is 8.50. The molecule has 0 aliphatic rings. The Labute approximate surface area is 177 Å². The molecule has 2 aromatic carbocycles. The van der Waals surface area contributed by atoms with Crippen LogP contribution in [-0.2, 0) is 6.61 Å². The van der Waals surface area contributed by atoms with Gasteiger partial charge in [-0.1, -0.05) is 23.7 Å². The highest BCUT2D eigenvalue weighted by Crippen LogP contribution is 2.27. The molecule has 0 radical (unpaired) electrons. The van der Waals surface area contributed by atoms with Crippen LogP contribution in [0, 0.1) is 0 Å². The van der Waals surface area contributed by atoms with Crippen LogP contribution >= 0.6 is 23.2 Å². The van der Waals surface area contributed by atoms with Gasteiger partial charge in [-0.25, -0.2) is 4.98 Å². The van der Waals surface area contributed by atoms with Gasteiger partial charge >= 0.3 is 0 Å². The van der Waals surface area contributed by atoms with Gasteiger partial charge < -0.3 is 14.8 Å². The maximum Gasteiger partial charge on any atom is 0.256 e. The van der Waals surface area contributed by atoms with E-state index in [1.807, 2.05) is 0 Å². The van der Waals surface area contributed by atoms with E-state index in [4.69, 9.17) is 32.7 Å². The largest absolute Gasteiger partial charge is 0.497 e. The van der Waals surface area contributed by atoms with Crippen molar-refractivity contribution >= 4 is 40.0 Å². The van der Waals surface area contributed by atoms with Crippen LogP contribution in [0.25, 0.3) is 0 Å². The zero-order valence-corrected chi connectivity index (χ0v) is 16.8. The number of hydrogen-bond donors (Lipinski definition) is 1. The third kappa shape index (κ3) is 5.04. The average molecular weight is 431 g/mol. The molecule has 1 N–H and O–H groups in total. The third-order valence-electron chi connectivity index (χ3n) is 4.06. The number of ether oxygens (including phenoxy) is 2. The van der Waals surface area contributed by atoms with Gasteiger partial charge in [-0.05, 0) is 54.1 Å². The Morgan fingerprint density at radius 3 is 2.48 bits per heavy atom. The fraction of sp³-hybridized carbons (Fsp3) is 0.0952. The molecule has 0 bridgehead atoms. The van der Waals surface area contributed by atoms with E-state index in [2.05, 4.69) is 10.3 Å². The molecule has 0 aliphatic heterocycles. The smallest absolute Gasteiger partial charge is 0.256 e. The standard InChI is InChI=1S/C21H16Cl2N2O4/c1-28-15-8-6-13(7-9-15)21(27)25-18-14(10-11-24-19(18)22)12-29-17-5-3-2-4-16(17)20(23)26/h2-11H,12H2,1H3,(H,25,27). The lowest BCUT2D eigenvalue weighted by Crippen LogP contribution is -2.15. The van der Waals surface area contributed by atoms with Crippen molar-refractivity contribution < 1.29 is 19.1 Å². The van der Waals surface area contributed by atoms with Crippen LogP contribution in [0.5, 0.6) is 11.5 Å². The van der Waals surface area contributed by atoms with Gasteiger partial charge in [0.05, 0.1) is 18.4 Å². The number of methoxy groups -OCH3 is 1. The lowest BCUT2D eigenvalue weighted by Gasteiger charge is -2.14. The molecular formula is C21H16Cl2N2O4. The van der Waals surface area contributed by atoms with E-state index in [0.717, 1.165) is 0 Å². The molecule has 1 amide bonds. The second-order valence-electron chi connectivity index (χ2n) is 5.88. The van der Waals surface area contributed by atoms with Crippen LogP contribution in [0.3, 0.4) is 0 Å². The van der Waals surface area contributed by atoms with Gasteiger partial charge in [-0.3, -0.25) is 9.59 Å². The number of carbonyl (C=O) groups is 2. The van der Waals surface area contributed by atoms with Crippen LogP contribution in [0.2, 0.25) is 5.15 Å². The number of anilines is 1. The molecule has 8 heteroatoms. The van der Waals surface area contributed by atoms with E-state index in [9.17, 15) is 9.59 Å². The molecule has 0 atom stereocenters. The van der Waals surface area contributed by atoms with Crippen molar-refractivity contribution in [2.75, 3.05) is 12.4 Å². The Hall–Kier alpha value is -3.09. The Kier molecular flexibility index (Phi) is 6.69. The second-order valence-corrected chi connectivity index (χ2v) is 6.58. The number of nitrogens with zero attached hydrogens (tertiary/aromatic N) is 1. The molecule has 0 saturated carbocycles. The molecule has 0 aliphatic carbocycles. The topological polar surface area (TPSA) is 77.5 Å². The number of aromatic nitrogens is 1. The summed E-state index contributed by atoms with van der Waals surface area (Å²) < 4.78 is 10.8. The summed E-state index contributed by atoms with van der Waals surface area (Å²) in [6.07, 6.45) is 1.50. The Bertz CT molecular complexity index is 1040. The van der Waals surface area contributed by atoms with Crippen LogP contribution in [0.4, 0.5) is 5.69 Å². The SMILES string of the molecule is COc1ccc(C(=O)Nc2c(COc3ccccc3C(=O)Cl)ccnc2Cl)cc1. The van der Waals surface area contributed by atoms with Crippen molar-refractivity contribution in [2.45, 2.75) is 6.61 Å². The summed E-state index contributed by atoms with van der Waals surface area (Å²) in [7, 11) is 1.55. The van der Waals surface area contributed by atoms with Gasteiger partial charge in [-0.2, -0.15) is 0 Å². The zero-order valence-electron chi connectivity index (χ0n) is 15.3. The van der Waals surface area contributed by atoms with Crippen molar-refractivity contribution in [2.24, 2.45) is 0 Å². The summed E-state index contributed by atoms with van der Waals surface area (Å²) in [6.45, 7) is 0.0433. The van der Waals surface area contributed by atoms with Crippen molar-refractivity contribution in [1.82, 2.24) is 4.98 Å². The molecular weight excluding hydrogens is 415 g/mol. The molecule has 0 fully saturated rings. The van der Waals surface area contributed by atoms with Gasteiger partial charge in [0, 0.05) is 17.3 Å². The van der Waals surface area contributed by atoms with Crippen LogP contribution < -0.4 is 14.8 Å². The fourth-order valence-electron chi connectivity index (χ4n) is 2.56. The Morgan fingerprint density at radius 1 is 1.07 bits per heavy atom. The summed E-state index contributed by atoms with van der Waals surface area (Å²) in [5, 5.41) is 2.26. The number of carbonyl (C=O) groups excluding carboxylic acids is 2. The zero-order chi connectivity index (χ0) is 20.8. The third-order valence-corrected chi connectivity index (χ3v) is 4.55. The first-order chi connectivity index (χ1) is 14.0. The molecule has 0 unspecified atom stereocenters. The van der Waals surface area contributed by atoms with Crippen LogP contribution in [0.15, 0.2) is 60.8 Å². The van der Waals surface area contributed by atoms with Crippen LogP contribution in [-0.4, -0.2) is 23.2 Å². The fourth-order valence-corrected chi connectivity index (χ4v) is 2.94. The van der Waals surface area contributed by atoms with Crippen LogP contribution in [0.1, 0.15) is 26.3 Å². The monoisotopic (exact) mass is 430 g/mol. The second kappa shape index (κ2) is 9.41. The molecule has 1 heterocycles. The van der Waals surface area contributed by atoms with E-state index in [1.54, 1.807) is 61.7 Å². The lowest BCUT2D eigenvalue weighted by atomic mass is 10.2. The van der Waals surface area contributed by atoms with Gasteiger partial charge in [-0.15, -0.1) is 0 Å². The summed E-state index contributed by atoms with van der Waals surface area (Å²) in [5.74, 6) is 0.607. The summed E-state index contributed by atoms with van der Waals surface area (Å²) >= 11 is 11.8. The predicted molar refractivity (Wildman–Crippen MR) is 111 cm³/mol. The number of nitrogens with one attached hydrogen (secondary N) is 1. The minimum Gasteiger partial charge on any atom is -0.497 e. The van der Waals surface area contributed by atoms with Gasteiger partial charge in [0.15, 0.2) is 5.15 Å². The average Bonchev–Trinajstić information content (AvgIpc) is 2.74. The van der Waals surface area contributed by atoms with Crippen molar-refractivity contribution in [3.05, 3.63) is 82.6 Å². The van der Waals surface area contributed by atoms with E-state index < -0.39 is 5.24 Å². The summed E-state index contributed by atoms with van der Waals surface area (Å²) in [5.41, 5.74) is 1.59. The van der Waals surface area contributed by atoms with E-state index >= 15 is 0 Å². The van der Waals surface area contributed by atoms with Crippen molar-refractivity contribution in [1.29, 1.82) is 0 Å². The van der Waals surface area contributed by atoms with E-state index in [1.165, 1.54) is 6.20 Å². The Balaban J connectivity index is 1.80. The normalized spacial score (nSPS) is 10.3. The molecule has 3 aromatic rings. The highest BCUT2D eigenvalue weighted by Gasteiger charge is 2.15. The number of hydrogen-bond acceptors (Lipinski definition) is 5. The lowest BCUT2D eigenvalue weighted by molar-refractivity contribution is 0.102. The highest BCUT2D eigenvalue weighted by molar-refractivity contribution is 6.68. The van der Waals surface area contributed by atoms with Crippen molar-refractivity contribution in [3.63, 3.8) is 0 Å². The maximum absolute atomic E-state index is 12.6. The first kappa shape index (κ1) is 20.6. The Morgan fingerprint density at radius 2 is 1.79 bits per heavy atom. The number of halogens is 2. The van der Waals surface area contributed by atoms with Gasteiger partial charge in [0.2, 0.25) is 0 Å². The minimum absolute atomic E-state index is 0.0433. The highest BCUT2D eigenvalue weighted by atomic mass is 35.5. The van der Waals surface area contributed by atoms with Crippen molar-refractivity contribution in [3.8, 4) is 11.5 Å². The molecule has 6 nitrogen and oxygen atoms in total. The predicted octanol–water partition coefficient (Wildman–Crippen LogP) is 4.95. The quantitative estimate of drug-likeness (QED) is 0.423. The van der Waals surface area contributed by atoms with E-state index in [0.29, 0.717) is 28.3 Å².